The third-order valence-corrected chi connectivity index (χ3v) is 4.60. The van der Waals surface area contributed by atoms with Crippen molar-refractivity contribution in [2.75, 3.05) is 33.2 Å². The lowest BCUT2D eigenvalue weighted by atomic mass is 9.97. The summed E-state index contributed by atoms with van der Waals surface area (Å²) in [5.41, 5.74) is 0.898. The maximum Gasteiger partial charge on any atom is 0.261 e. The Morgan fingerprint density at radius 3 is 2.30 bits per heavy atom. The van der Waals surface area contributed by atoms with Crippen molar-refractivity contribution in [2.24, 2.45) is 5.92 Å². The number of piperidine rings is 1. The zero-order valence-electron chi connectivity index (χ0n) is 13.2. The first-order valence-corrected chi connectivity index (χ1v) is 8.00. The van der Waals surface area contributed by atoms with E-state index in [4.69, 9.17) is 0 Å². The highest BCUT2D eigenvalue weighted by atomic mass is 16.2. The fourth-order valence-electron chi connectivity index (χ4n) is 3.18. The van der Waals surface area contributed by atoms with E-state index in [-0.39, 0.29) is 30.2 Å². The number of nitrogens with zero attached hydrogens (tertiary/aromatic N) is 2. The first-order chi connectivity index (χ1) is 11.1. The Balaban J connectivity index is 1.59. The SMILES string of the molecule is CN(CCN1C(=O)c2ccccc2C1=O)C(=O)C1CCNCC1. The number of rotatable bonds is 4. The number of nitrogens with one attached hydrogen (secondary N) is 1. The molecule has 0 bridgehead atoms. The van der Waals surface area contributed by atoms with E-state index in [2.05, 4.69) is 5.32 Å². The van der Waals surface area contributed by atoms with Crippen molar-refractivity contribution in [2.45, 2.75) is 12.8 Å². The van der Waals surface area contributed by atoms with Crippen LogP contribution in [0.1, 0.15) is 33.6 Å². The lowest BCUT2D eigenvalue weighted by Crippen LogP contribution is -2.43. The Morgan fingerprint density at radius 2 is 1.74 bits per heavy atom. The first kappa shape index (κ1) is 15.7. The summed E-state index contributed by atoms with van der Waals surface area (Å²) in [5, 5.41) is 3.24. The molecule has 0 unspecified atom stereocenters. The summed E-state index contributed by atoms with van der Waals surface area (Å²) in [4.78, 5) is 39.8. The smallest absolute Gasteiger partial charge is 0.261 e. The molecule has 0 aliphatic carbocycles. The van der Waals surface area contributed by atoms with Crippen LogP contribution in [0.25, 0.3) is 0 Å². The van der Waals surface area contributed by atoms with Gasteiger partial charge in [0.15, 0.2) is 0 Å². The van der Waals surface area contributed by atoms with Crippen LogP contribution in [0.15, 0.2) is 24.3 Å². The molecule has 0 radical (unpaired) electrons. The summed E-state index contributed by atoms with van der Waals surface area (Å²) in [7, 11) is 1.74. The van der Waals surface area contributed by atoms with Crippen LogP contribution in [0.2, 0.25) is 0 Å². The lowest BCUT2D eigenvalue weighted by molar-refractivity contribution is -0.135. The molecule has 3 rings (SSSR count). The van der Waals surface area contributed by atoms with E-state index in [0.29, 0.717) is 17.7 Å². The molecule has 0 atom stereocenters. The minimum Gasteiger partial charge on any atom is -0.344 e. The second kappa shape index (κ2) is 6.50. The Labute approximate surface area is 135 Å². The van der Waals surface area contributed by atoms with Crippen molar-refractivity contribution in [3.8, 4) is 0 Å². The van der Waals surface area contributed by atoms with Gasteiger partial charge in [-0.15, -0.1) is 0 Å². The van der Waals surface area contributed by atoms with E-state index in [1.165, 1.54) is 4.90 Å². The van der Waals surface area contributed by atoms with Crippen molar-refractivity contribution < 1.29 is 14.4 Å². The average Bonchev–Trinajstić information content (AvgIpc) is 2.84. The fourth-order valence-corrected chi connectivity index (χ4v) is 3.18. The summed E-state index contributed by atoms with van der Waals surface area (Å²) in [5.74, 6) is -0.395. The molecule has 2 aliphatic rings. The van der Waals surface area contributed by atoms with Crippen LogP contribution >= 0.6 is 0 Å². The predicted octanol–water partition coefficient (Wildman–Crippen LogP) is 0.741. The van der Waals surface area contributed by atoms with Crippen molar-refractivity contribution in [3.63, 3.8) is 0 Å². The fraction of sp³-hybridized carbons (Fsp3) is 0.471. The number of likely N-dealkylation sites (N-methyl/N-ethyl adjacent to an activating group) is 1. The molecule has 1 aromatic carbocycles. The standard InChI is InChI=1S/C17H21N3O3/c1-19(15(21)12-6-8-18-9-7-12)10-11-20-16(22)13-4-2-3-5-14(13)17(20)23/h2-5,12,18H,6-11H2,1H3. The molecule has 0 spiro atoms. The van der Waals surface area contributed by atoms with Crippen molar-refractivity contribution >= 4 is 17.7 Å². The molecule has 1 aromatic rings. The second-order valence-corrected chi connectivity index (χ2v) is 6.09. The van der Waals surface area contributed by atoms with Gasteiger partial charge in [0.1, 0.15) is 0 Å². The molecule has 0 aromatic heterocycles. The Bertz CT molecular complexity index is 603. The quantitative estimate of drug-likeness (QED) is 0.832. The summed E-state index contributed by atoms with van der Waals surface area (Å²) in [6.07, 6.45) is 1.69. The number of carbonyl (C=O) groups excluding carboxylic acids is 3. The van der Waals surface area contributed by atoms with Gasteiger partial charge in [0, 0.05) is 26.1 Å². The topological polar surface area (TPSA) is 69.7 Å². The molecule has 6 nitrogen and oxygen atoms in total. The molecule has 3 amide bonds. The van der Waals surface area contributed by atoms with Gasteiger partial charge in [0.25, 0.3) is 11.8 Å². The van der Waals surface area contributed by atoms with Crippen LogP contribution in [0.5, 0.6) is 0 Å². The lowest BCUT2D eigenvalue weighted by Gasteiger charge is -2.27. The number of hydrogen-bond acceptors (Lipinski definition) is 4. The number of amides is 3. The third-order valence-electron chi connectivity index (χ3n) is 4.60. The van der Waals surface area contributed by atoms with Crippen LogP contribution in [0.4, 0.5) is 0 Å². The second-order valence-electron chi connectivity index (χ2n) is 6.09. The van der Waals surface area contributed by atoms with Crippen LogP contribution < -0.4 is 5.32 Å². The highest BCUT2D eigenvalue weighted by molar-refractivity contribution is 6.21. The predicted molar refractivity (Wildman–Crippen MR) is 85.0 cm³/mol. The molecular weight excluding hydrogens is 294 g/mol. The van der Waals surface area contributed by atoms with Gasteiger partial charge in [-0.05, 0) is 38.1 Å². The van der Waals surface area contributed by atoms with Crippen molar-refractivity contribution in [1.29, 1.82) is 0 Å². The molecule has 0 saturated carbocycles. The van der Waals surface area contributed by atoms with Gasteiger partial charge < -0.3 is 10.2 Å². The van der Waals surface area contributed by atoms with Crippen LogP contribution in [0, 0.1) is 5.92 Å². The molecule has 122 valence electrons. The van der Waals surface area contributed by atoms with Gasteiger partial charge in [-0.25, -0.2) is 0 Å². The van der Waals surface area contributed by atoms with Crippen LogP contribution in [-0.2, 0) is 4.79 Å². The van der Waals surface area contributed by atoms with Gasteiger partial charge in [0.2, 0.25) is 5.91 Å². The van der Waals surface area contributed by atoms with E-state index >= 15 is 0 Å². The summed E-state index contributed by atoms with van der Waals surface area (Å²) in [6, 6.07) is 6.83. The van der Waals surface area contributed by atoms with Crippen LogP contribution in [0.3, 0.4) is 0 Å². The molecule has 23 heavy (non-hydrogen) atoms. The molecule has 6 heteroatoms. The van der Waals surface area contributed by atoms with Gasteiger partial charge in [-0.1, -0.05) is 12.1 Å². The summed E-state index contributed by atoms with van der Waals surface area (Å²) in [6.45, 7) is 2.33. The largest absolute Gasteiger partial charge is 0.344 e. The summed E-state index contributed by atoms with van der Waals surface area (Å²) < 4.78 is 0. The monoisotopic (exact) mass is 315 g/mol. The van der Waals surface area contributed by atoms with E-state index < -0.39 is 0 Å². The third kappa shape index (κ3) is 2.99. The molecule has 2 aliphatic heterocycles. The van der Waals surface area contributed by atoms with E-state index in [1.54, 1.807) is 36.2 Å². The molecule has 1 N–H and O–H groups in total. The van der Waals surface area contributed by atoms with Gasteiger partial charge >= 0.3 is 0 Å². The minimum absolute atomic E-state index is 0.0448. The Kier molecular flexibility index (Phi) is 4.43. The van der Waals surface area contributed by atoms with Crippen molar-refractivity contribution in [3.05, 3.63) is 35.4 Å². The number of fused-ring (bicyclic) bond motifs is 1. The van der Waals surface area contributed by atoms with Crippen LogP contribution in [-0.4, -0.2) is 60.7 Å². The normalized spacial score (nSPS) is 18.2. The number of benzene rings is 1. The number of carbonyl (C=O) groups is 3. The maximum absolute atomic E-state index is 12.4. The number of imide groups is 1. The number of hydrogen-bond donors (Lipinski definition) is 1. The average molecular weight is 315 g/mol. The van der Waals surface area contributed by atoms with Gasteiger partial charge in [-0.2, -0.15) is 0 Å². The maximum atomic E-state index is 12.4. The molecule has 1 fully saturated rings. The Hall–Kier alpha value is -2.21. The van der Waals surface area contributed by atoms with E-state index in [1.807, 2.05) is 0 Å². The first-order valence-electron chi connectivity index (χ1n) is 8.00. The molecule has 2 heterocycles. The summed E-state index contributed by atoms with van der Waals surface area (Å²) >= 11 is 0. The zero-order valence-corrected chi connectivity index (χ0v) is 13.2. The highest BCUT2D eigenvalue weighted by Gasteiger charge is 2.35. The van der Waals surface area contributed by atoms with Gasteiger partial charge in [0.05, 0.1) is 11.1 Å². The van der Waals surface area contributed by atoms with E-state index in [0.717, 1.165) is 25.9 Å². The van der Waals surface area contributed by atoms with Crippen molar-refractivity contribution in [1.82, 2.24) is 15.1 Å². The van der Waals surface area contributed by atoms with Gasteiger partial charge in [-0.3, -0.25) is 19.3 Å². The minimum atomic E-state index is -0.270. The zero-order chi connectivity index (χ0) is 16.4. The van der Waals surface area contributed by atoms with E-state index in [9.17, 15) is 14.4 Å². The highest BCUT2D eigenvalue weighted by Crippen LogP contribution is 2.22. The molecule has 1 saturated heterocycles. The Morgan fingerprint density at radius 1 is 1.17 bits per heavy atom. The molecular formula is C17H21N3O3.